The Balaban J connectivity index is 0.000000405. The van der Waals surface area contributed by atoms with Crippen LogP contribution in [-0.2, 0) is 4.74 Å². The number of benzene rings is 1. The zero-order chi connectivity index (χ0) is 12.8. The second-order valence-corrected chi connectivity index (χ2v) is 4.44. The highest BCUT2D eigenvalue weighted by molar-refractivity contribution is 8.93. The molecule has 2 rings (SSSR count). The van der Waals surface area contributed by atoms with E-state index in [0.717, 1.165) is 13.2 Å². The molecular weight excluding hydrogens is 335 g/mol. The van der Waals surface area contributed by atoms with Gasteiger partial charge in [0.05, 0.1) is 0 Å². The Bertz CT molecular complexity index is 379. The van der Waals surface area contributed by atoms with Crippen LogP contribution in [0.1, 0.15) is 12.8 Å². The first-order valence-electron chi connectivity index (χ1n) is 5.03. The number of rotatable bonds is 1. The first-order chi connectivity index (χ1) is 8.07. The zero-order valence-electron chi connectivity index (χ0n) is 9.32. The molecule has 100 valence electrons. The molecule has 1 fully saturated rings. The Kier molecular flexibility index (Phi) is 9.09. The van der Waals surface area contributed by atoms with Crippen LogP contribution in [-0.4, -0.2) is 34.1 Å². The van der Waals surface area contributed by atoms with E-state index < -0.39 is 47.9 Å². The van der Waals surface area contributed by atoms with E-state index in [2.05, 4.69) is 0 Å². The molecule has 8 heteroatoms. The summed E-state index contributed by atoms with van der Waals surface area (Å²) < 4.78 is 65.4. The molecule has 0 radical (unpaired) electrons. The topological polar surface area (TPSA) is 9.23 Å². The van der Waals surface area contributed by atoms with Gasteiger partial charge in [0.2, 0.25) is 0 Å². The van der Waals surface area contributed by atoms with Gasteiger partial charge in [-0.2, -0.15) is 0 Å². The summed E-state index contributed by atoms with van der Waals surface area (Å²) in [5, 5.41) is 0. The molecule has 1 aliphatic heterocycles. The van der Waals surface area contributed by atoms with E-state index in [1.165, 1.54) is 12.8 Å². The van der Waals surface area contributed by atoms with Gasteiger partial charge in [0.25, 0.3) is 0 Å². The smallest absolute Gasteiger partial charge is 0.475 e. The van der Waals surface area contributed by atoms with Crippen LogP contribution in [0.4, 0.5) is 20.5 Å². The normalized spacial score (nSPS) is 13.2. The molecule has 0 amide bonds. The Morgan fingerprint density at radius 1 is 0.944 bits per heavy atom. The average molecular weight is 345 g/mol. The van der Waals surface area contributed by atoms with E-state index in [1.807, 2.05) is 0 Å². The molecular formula is C10H10BrF5MgO. The Morgan fingerprint density at radius 2 is 1.50 bits per heavy atom. The molecule has 0 spiro atoms. The lowest BCUT2D eigenvalue weighted by Gasteiger charge is -2.00. The fourth-order valence-corrected chi connectivity index (χ4v) is 1.76. The van der Waals surface area contributed by atoms with Gasteiger partial charge in [-0.05, 0) is 18.9 Å². The number of ether oxygens (including phenoxy) is 1. The van der Waals surface area contributed by atoms with Gasteiger partial charge in [0.15, 0.2) is 17.5 Å². The van der Waals surface area contributed by atoms with E-state index in [9.17, 15) is 20.5 Å². The lowest BCUT2D eigenvalue weighted by atomic mass is 10.3. The Hall–Kier alpha value is 0.0762. The standard InChI is InChI=1S/C6HF4.C4H8O.BrH.FH.Mg/c7-3-1-2-4(8)6(10)5(3)9;1-2-4-5-3-1;;;/h1H;1-4H2;2*1H;/q;;;;+1/p-1. The van der Waals surface area contributed by atoms with Crippen LogP contribution in [0.3, 0.4) is 0 Å². The van der Waals surface area contributed by atoms with Gasteiger partial charge in [-0.3, -0.25) is 0 Å². The summed E-state index contributed by atoms with van der Waals surface area (Å²) in [6.45, 7) is 2.00. The predicted octanol–water partition coefficient (Wildman–Crippen LogP) is 2.83. The molecule has 1 aromatic carbocycles. The van der Waals surface area contributed by atoms with E-state index in [4.69, 9.17) is 4.74 Å². The van der Waals surface area contributed by atoms with Crippen molar-refractivity contribution in [2.45, 2.75) is 12.8 Å². The average Bonchev–Trinajstić information content (AvgIpc) is 2.90. The number of halogens is 6. The van der Waals surface area contributed by atoms with Crippen LogP contribution in [0.25, 0.3) is 0 Å². The van der Waals surface area contributed by atoms with Crippen LogP contribution in [0.5, 0.6) is 0 Å². The summed E-state index contributed by atoms with van der Waals surface area (Å²) in [6, 6.07) is 0.347. The van der Waals surface area contributed by atoms with Crippen LogP contribution >= 0.6 is 17.0 Å². The van der Waals surface area contributed by atoms with Crippen LogP contribution in [0.2, 0.25) is 0 Å². The summed E-state index contributed by atoms with van der Waals surface area (Å²) in [5.41, 5.74) is 0. The molecule has 1 aliphatic rings. The van der Waals surface area contributed by atoms with E-state index in [-0.39, 0.29) is 17.0 Å². The van der Waals surface area contributed by atoms with Gasteiger partial charge < -0.3 is 7.69 Å². The second-order valence-electron chi connectivity index (χ2n) is 3.41. The SMILES string of the molecule is Br.C1CCOC1.[F][Mg][c]1cc(F)c(F)c(F)c1F. The highest BCUT2D eigenvalue weighted by Gasteiger charge is 2.19. The van der Waals surface area contributed by atoms with Gasteiger partial charge in [0.1, 0.15) is 5.82 Å². The first-order valence-corrected chi connectivity index (χ1v) is 6.27. The van der Waals surface area contributed by atoms with Crippen molar-refractivity contribution in [1.82, 2.24) is 0 Å². The maximum atomic E-state index is 12.5. The third kappa shape index (κ3) is 4.98. The molecule has 0 unspecified atom stereocenters. The molecule has 0 saturated carbocycles. The van der Waals surface area contributed by atoms with E-state index in [0.29, 0.717) is 6.07 Å². The molecule has 1 heterocycles. The lowest BCUT2D eigenvalue weighted by Crippen LogP contribution is -2.19. The van der Waals surface area contributed by atoms with Crippen molar-refractivity contribution >= 4 is 41.6 Å². The number of hydrogen-bond donors (Lipinski definition) is 0. The maximum Gasteiger partial charge on any atom is 0.655 e. The van der Waals surface area contributed by atoms with E-state index >= 15 is 0 Å². The van der Waals surface area contributed by atoms with E-state index in [1.54, 1.807) is 0 Å². The zero-order valence-corrected chi connectivity index (χ0v) is 12.4. The van der Waals surface area contributed by atoms with Crippen molar-refractivity contribution in [3.8, 4) is 0 Å². The van der Waals surface area contributed by atoms with Crippen molar-refractivity contribution < 1.29 is 25.3 Å². The molecule has 0 aromatic heterocycles. The third-order valence-electron chi connectivity index (χ3n) is 2.15. The second kappa shape index (κ2) is 9.06. The molecule has 0 aliphatic carbocycles. The molecule has 1 saturated heterocycles. The van der Waals surface area contributed by atoms with Gasteiger partial charge >= 0.3 is 20.9 Å². The summed E-state index contributed by atoms with van der Waals surface area (Å²) in [5.74, 6) is -7.04. The van der Waals surface area contributed by atoms with Crippen molar-refractivity contribution in [3.05, 3.63) is 29.3 Å². The highest BCUT2D eigenvalue weighted by Crippen LogP contribution is 2.11. The minimum atomic E-state index is -2.52. The van der Waals surface area contributed by atoms with Gasteiger partial charge in [-0.1, -0.05) is 3.69 Å². The van der Waals surface area contributed by atoms with Crippen molar-refractivity contribution in [1.29, 1.82) is 0 Å². The fourth-order valence-electron chi connectivity index (χ4n) is 1.23. The minimum Gasteiger partial charge on any atom is -0.475 e. The van der Waals surface area contributed by atoms with Crippen molar-refractivity contribution in [2.75, 3.05) is 13.2 Å². The highest BCUT2D eigenvalue weighted by atomic mass is 79.9. The summed E-state index contributed by atoms with van der Waals surface area (Å²) in [7, 11) is 0. The summed E-state index contributed by atoms with van der Waals surface area (Å²) in [4.78, 5) is 0. The molecule has 0 bridgehead atoms. The van der Waals surface area contributed by atoms with Crippen molar-refractivity contribution in [2.24, 2.45) is 0 Å². The molecule has 0 N–H and O–H groups in total. The predicted molar refractivity (Wildman–Crippen MR) is 63.1 cm³/mol. The van der Waals surface area contributed by atoms with Crippen LogP contribution in [0, 0.1) is 23.3 Å². The van der Waals surface area contributed by atoms with Crippen LogP contribution in [0.15, 0.2) is 6.07 Å². The Morgan fingerprint density at radius 3 is 1.89 bits per heavy atom. The van der Waals surface area contributed by atoms with Gasteiger partial charge in [-0.15, -0.1) is 17.0 Å². The summed E-state index contributed by atoms with van der Waals surface area (Å²) >= 11 is -2.52. The quantitative estimate of drug-likeness (QED) is 0.329. The van der Waals surface area contributed by atoms with Crippen LogP contribution < -0.4 is 3.69 Å². The third-order valence-corrected chi connectivity index (χ3v) is 2.95. The monoisotopic (exact) mass is 344 g/mol. The van der Waals surface area contributed by atoms with Crippen molar-refractivity contribution in [3.63, 3.8) is 0 Å². The fraction of sp³-hybridized carbons (Fsp3) is 0.400. The molecule has 0 atom stereocenters. The Labute approximate surface area is 122 Å². The molecule has 18 heavy (non-hydrogen) atoms. The summed E-state index contributed by atoms with van der Waals surface area (Å²) in [6.07, 6.45) is 2.56. The number of hydrogen-bond acceptors (Lipinski definition) is 1. The molecule has 1 aromatic rings. The largest absolute Gasteiger partial charge is 0.655 e. The van der Waals surface area contributed by atoms with Gasteiger partial charge in [-0.25, -0.2) is 17.6 Å². The minimum absolute atomic E-state index is 0. The van der Waals surface area contributed by atoms with Gasteiger partial charge in [0, 0.05) is 13.2 Å². The molecule has 1 nitrogen and oxygen atoms in total. The first kappa shape index (κ1) is 18.1. The maximum absolute atomic E-state index is 12.5. The lowest BCUT2D eigenvalue weighted by molar-refractivity contribution is 0.198.